The first-order valence-electron chi connectivity index (χ1n) is 12.5. The number of fused-ring (bicyclic) bond motifs is 1. The van der Waals surface area contributed by atoms with E-state index in [0.717, 1.165) is 36.5 Å². The molecule has 0 saturated heterocycles. The number of benzene rings is 1. The predicted molar refractivity (Wildman–Crippen MR) is 144 cm³/mol. The minimum Gasteiger partial charge on any atom is -0.480 e. The molecule has 4 rings (SSSR count). The molecule has 4 N–H and O–H groups in total. The molecule has 10 nitrogen and oxygen atoms in total. The molecule has 1 atom stereocenters. The summed E-state index contributed by atoms with van der Waals surface area (Å²) in [5.74, 6) is -0.938. The molecule has 0 radical (unpaired) electrons. The van der Waals surface area contributed by atoms with Gasteiger partial charge < -0.3 is 20.3 Å². The van der Waals surface area contributed by atoms with Crippen molar-refractivity contribution in [3.05, 3.63) is 76.2 Å². The first kappa shape index (κ1) is 27.3. The monoisotopic (exact) mass is 539 g/mol. The maximum atomic E-state index is 13.0. The van der Waals surface area contributed by atoms with Crippen LogP contribution in [0.15, 0.2) is 47.6 Å². The van der Waals surface area contributed by atoms with E-state index in [9.17, 15) is 23.1 Å². The van der Waals surface area contributed by atoms with E-state index in [0.29, 0.717) is 29.7 Å². The Hall–Kier alpha value is -3.70. The number of nitrogens with one attached hydrogen (secondary N) is 3. The number of hydrogen-bond donors (Lipinski definition) is 4. The molecule has 0 saturated carbocycles. The highest BCUT2D eigenvalue weighted by molar-refractivity contribution is 7.89. The van der Waals surface area contributed by atoms with Gasteiger partial charge in [0.2, 0.25) is 10.0 Å². The minimum absolute atomic E-state index is 0.0435. The molecule has 0 aliphatic carbocycles. The van der Waals surface area contributed by atoms with Crippen molar-refractivity contribution in [2.24, 2.45) is 0 Å². The summed E-state index contributed by atoms with van der Waals surface area (Å²) in [6.45, 7) is 6.31. The van der Waals surface area contributed by atoms with Crippen LogP contribution in [0.5, 0.6) is 0 Å². The van der Waals surface area contributed by atoms with Crippen LogP contribution in [0.1, 0.15) is 44.7 Å². The van der Waals surface area contributed by atoms with Gasteiger partial charge in [-0.25, -0.2) is 13.4 Å². The van der Waals surface area contributed by atoms with Crippen LogP contribution < -0.4 is 15.4 Å². The van der Waals surface area contributed by atoms with Gasteiger partial charge in [-0.2, -0.15) is 4.72 Å². The van der Waals surface area contributed by atoms with E-state index >= 15 is 0 Å². The molecule has 2 aromatic heterocycles. The number of carboxylic acids is 1. The number of carbonyl (C=O) groups is 2. The van der Waals surface area contributed by atoms with Crippen LogP contribution in [0.2, 0.25) is 0 Å². The van der Waals surface area contributed by atoms with E-state index < -0.39 is 34.5 Å². The average molecular weight is 540 g/mol. The van der Waals surface area contributed by atoms with Crippen molar-refractivity contribution in [2.75, 3.05) is 18.4 Å². The van der Waals surface area contributed by atoms with E-state index in [2.05, 4.69) is 26.4 Å². The van der Waals surface area contributed by atoms with Crippen LogP contribution in [0.4, 0.5) is 5.82 Å². The fraction of sp³-hybridized carbons (Fsp3) is 0.370. The molecule has 0 bridgehead atoms. The van der Waals surface area contributed by atoms with Crippen molar-refractivity contribution in [2.45, 2.75) is 57.5 Å². The van der Waals surface area contributed by atoms with Crippen molar-refractivity contribution in [1.29, 1.82) is 0 Å². The Morgan fingerprint density at radius 1 is 1.16 bits per heavy atom. The zero-order chi connectivity index (χ0) is 27.4. The zero-order valence-electron chi connectivity index (χ0n) is 21.7. The summed E-state index contributed by atoms with van der Waals surface area (Å²) in [5, 5.41) is 15.5. The number of carbonyl (C=O) groups excluding carboxylic acids is 1. The summed E-state index contributed by atoms with van der Waals surface area (Å²) in [7, 11) is -4.13. The Morgan fingerprint density at radius 2 is 1.89 bits per heavy atom. The first-order chi connectivity index (χ1) is 18.0. The molecular formula is C27H33N5O5S. The number of carboxylic acid groups (broad SMARTS) is 1. The van der Waals surface area contributed by atoms with Gasteiger partial charge in [-0.05, 0) is 62.4 Å². The highest BCUT2D eigenvalue weighted by Gasteiger charge is 2.28. The van der Waals surface area contributed by atoms with Crippen LogP contribution in [0.3, 0.4) is 0 Å². The lowest BCUT2D eigenvalue weighted by Gasteiger charge is -2.18. The van der Waals surface area contributed by atoms with Gasteiger partial charge in [-0.15, -0.1) is 0 Å². The van der Waals surface area contributed by atoms with Gasteiger partial charge in [0, 0.05) is 44.1 Å². The normalized spacial score (nSPS) is 13.9. The Balaban J connectivity index is 1.35. The molecule has 1 amide bonds. The van der Waals surface area contributed by atoms with Gasteiger partial charge in [0.25, 0.3) is 5.91 Å². The van der Waals surface area contributed by atoms with Crippen molar-refractivity contribution >= 4 is 27.7 Å². The van der Waals surface area contributed by atoms with Gasteiger partial charge in [-0.3, -0.25) is 9.59 Å². The van der Waals surface area contributed by atoms with Crippen LogP contribution in [-0.2, 0) is 34.2 Å². The van der Waals surface area contributed by atoms with E-state index in [4.69, 9.17) is 0 Å². The number of rotatable bonds is 10. The second-order valence-corrected chi connectivity index (χ2v) is 11.3. The average Bonchev–Trinajstić information content (AvgIpc) is 3.33. The number of hydrogen-bond acceptors (Lipinski definition) is 6. The maximum absolute atomic E-state index is 13.0. The van der Waals surface area contributed by atoms with E-state index in [1.807, 2.05) is 17.6 Å². The largest absolute Gasteiger partial charge is 0.480 e. The Morgan fingerprint density at radius 3 is 2.61 bits per heavy atom. The number of aryl methyl sites for hydroxylation is 6. The standard InChI is InChI=1S/C27H33N5O5S/c1-17-13-18(2)24(19(3)14-17)38(36,37)31-23(27(34)35)15-29-26(33)21-8-11-32(16-21)12-9-22-7-6-20-5-4-10-28-25(20)30-22/h6-8,11,13-14,16,23,31H,4-5,9-10,12,15H2,1-3H3,(H,28,30)(H,29,33)(H,34,35). The number of nitrogens with zero attached hydrogens (tertiary/aromatic N) is 2. The fourth-order valence-electron chi connectivity index (χ4n) is 4.78. The van der Waals surface area contributed by atoms with Crippen molar-refractivity contribution in [1.82, 2.24) is 19.6 Å². The summed E-state index contributed by atoms with van der Waals surface area (Å²) >= 11 is 0. The van der Waals surface area contributed by atoms with E-state index in [1.165, 1.54) is 5.56 Å². The van der Waals surface area contributed by atoms with Crippen LogP contribution >= 0.6 is 0 Å². The summed E-state index contributed by atoms with van der Waals surface area (Å²) < 4.78 is 30.1. The maximum Gasteiger partial charge on any atom is 0.323 e. The lowest BCUT2D eigenvalue weighted by molar-refractivity contribution is -0.138. The number of amides is 1. The van der Waals surface area contributed by atoms with Crippen molar-refractivity contribution in [3.63, 3.8) is 0 Å². The van der Waals surface area contributed by atoms with Gasteiger partial charge >= 0.3 is 5.97 Å². The molecule has 1 aromatic carbocycles. The fourth-order valence-corrected chi connectivity index (χ4v) is 6.42. The first-order valence-corrected chi connectivity index (χ1v) is 14.0. The van der Waals surface area contributed by atoms with E-state index in [-0.39, 0.29) is 4.90 Å². The molecule has 11 heteroatoms. The molecule has 3 aromatic rings. The van der Waals surface area contributed by atoms with Crippen LogP contribution in [0.25, 0.3) is 0 Å². The SMILES string of the molecule is Cc1cc(C)c(S(=O)(=O)NC(CNC(=O)c2ccn(CCc3ccc4c(n3)NCCC4)c2)C(=O)O)c(C)c1. The molecule has 0 spiro atoms. The molecule has 202 valence electrons. The van der Waals surface area contributed by atoms with Crippen LogP contribution in [-0.4, -0.2) is 54.1 Å². The predicted octanol–water partition coefficient (Wildman–Crippen LogP) is 2.57. The summed E-state index contributed by atoms with van der Waals surface area (Å²) in [5.41, 5.74) is 4.48. The molecule has 1 aliphatic rings. The van der Waals surface area contributed by atoms with E-state index in [1.54, 1.807) is 44.4 Å². The van der Waals surface area contributed by atoms with Gasteiger partial charge in [0.05, 0.1) is 10.5 Å². The third kappa shape index (κ3) is 6.40. The Labute approximate surface area is 222 Å². The smallest absolute Gasteiger partial charge is 0.323 e. The second kappa shape index (κ2) is 11.4. The highest BCUT2D eigenvalue weighted by atomic mass is 32.2. The number of aliphatic carboxylic acids is 1. The van der Waals surface area contributed by atoms with Crippen molar-refractivity contribution < 1.29 is 23.1 Å². The lowest BCUT2D eigenvalue weighted by atomic mass is 10.1. The Kier molecular flexibility index (Phi) is 8.17. The third-order valence-electron chi connectivity index (χ3n) is 6.53. The number of pyridine rings is 1. The summed E-state index contributed by atoms with van der Waals surface area (Å²) in [6.07, 6.45) is 6.26. The summed E-state index contributed by atoms with van der Waals surface area (Å²) in [6, 6.07) is 7.68. The third-order valence-corrected chi connectivity index (χ3v) is 8.30. The molecule has 1 unspecified atom stereocenters. The number of aromatic nitrogens is 2. The van der Waals surface area contributed by atoms with Gasteiger partial charge in [0.1, 0.15) is 11.9 Å². The molecule has 0 fully saturated rings. The minimum atomic E-state index is -4.13. The zero-order valence-corrected chi connectivity index (χ0v) is 22.6. The second-order valence-electron chi connectivity index (χ2n) is 9.68. The van der Waals surface area contributed by atoms with Crippen molar-refractivity contribution in [3.8, 4) is 0 Å². The Bertz CT molecular complexity index is 1440. The molecule has 38 heavy (non-hydrogen) atoms. The molecule has 3 heterocycles. The molecular weight excluding hydrogens is 506 g/mol. The van der Waals surface area contributed by atoms with Crippen LogP contribution in [0, 0.1) is 20.8 Å². The summed E-state index contributed by atoms with van der Waals surface area (Å²) in [4.78, 5) is 29.2. The lowest BCUT2D eigenvalue weighted by Crippen LogP contribution is -2.48. The topological polar surface area (TPSA) is 142 Å². The number of sulfonamides is 1. The number of anilines is 1. The molecule has 1 aliphatic heterocycles. The van der Waals surface area contributed by atoms with Gasteiger partial charge in [0.15, 0.2) is 0 Å². The van der Waals surface area contributed by atoms with Gasteiger partial charge in [-0.1, -0.05) is 23.8 Å². The highest BCUT2D eigenvalue weighted by Crippen LogP contribution is 2.22. The quantitative estimate of drug-likeness (QED) is 0.310.